The fourth-order valence-corrected chi connectivity index (χ4v) is 3.47. The number of sulfone groups is 1. The zero-order valence-corrected chi connectivity index (χ0v) is 12.1. The zero-order valence-electron chi connectivity index (χ0n) is 11.3. The van der Waals surface area contributed by atoms with Gasteiger partial charge in [-0.3, -0.25) is 4.79 Å². The summed E-state index contributed by atoms with van der Waals surface area (Å²) in [6, 6.07) is 0. The second-order valence-corrected chi connectivity index (χ2v) is 7.77. The first-order valence-corrected chi connectivity index (χ1v) is 8.34. The van der Waals surface area contributed by atoms with Crippen LogP contribution < -0.4 is 5.73 Å². The molecule has 1 aliphatic heterocycles. The number of rotatable bonds is 5. The molecule has 1 fully saturated rings. The van der Waals surface area contributed by atoms with Gasteiger partial charge in [0.15, 0.2) is 9.84 Å². The lowest BCUT2D eigenvalue weighted by atomic mass is 9.94. The third kappa shape index (κ3) is 4.94. The molecule has 0 saturated carbocycles. The molecule has 1 amide bonds. The van der Waals surface area contributed by atoms with Crippen LogP contribution >= 0.6 is 0 Å². The standard InChI is InChI=1S/C12H24N2O3S/c1-10(2)7-11(9-13)8-12(15)14-3-5-18(16,17)6-4-14/h10-11H,3-9,13H2,1-2H3/t11-/m0/s1. The van der Waals surface area contributed by atoms with E-state index in [1.807, 2.05) is 0 Å². The quantitative estimate of drug-likeness (QED) is 0.781. The first-order chi connectivity index (χ1) is 8.34. The maximum absolute atomic E-state index is 12.0. The first-order valence-electron chi connectivity index (χ1n) is 6.52. The molecule has 6 heteroatoms. The summed E-state index contributed by atoms with van der Waals surface area (Å²) in [5.74, 6) is 0.956. The summed E-state index contributed by atoms with van der Waals surface area (Å²) in [6.07, 6.45) is 1.38. The molecule has 5 nitrogen and oxygen atoms in total. The van der Waals surface area contributed by atoms with Gasteiger partial charge in [0.25, 0.3) is 0 Å². The van der Waals surface area contributed by atoms with Gasteiger partial charge in [0.2, 0.25) is 5.91 Å². The minimum Gasteiger partial charge on any atom is -0.341 e. The van der Waals surface area contributed by atoms with E-state index in [-0.39, 0.29) is 23.3 Å². The van der Waals surface area contributed by atoms with Gasteiger partial charge in [-0.2, -0.15) is 0 Å². The van der Waals surface area contributed by atoms with Gasteiger partial charge in [-0.05, 0) is 24.8 Å². The lowest BCUT2D eigenvalue weighted by molar-refractivity contribution is -0.131. The molecule has 1 heterocycles. The van der Waals surface area contributed by atoms with Crippen LogP contribution in [0.15, 0.2) is 0 Å². The molecule has 0 spiro atoms. The molecule has 1 rings (SSSR count). The van der Waals surface area contributed by atoms with Gasteiger partial charge in [-0.1, -0.05) is 13.8 Å². The molecule has 0 aromatic heterocycles. The second kappa shape index (κ2) is 6.52. The largest absolute Gasteiger partial charge is 0.341 e. The van der Waals surface area contributed by atoms with Crippen LogP contribution in [0.1, 0.15) is 26.7 Å². The van der Waals surface area contributed by atoms with Crippen LogP contribution in [-0.4, -0.2) is 50.4 Å². The molecule has 2 N–H and O–H groups in total. The van der Waals surface area contributed by atoms with Gasteiger partial charge in [-0.25, -0.2) is 8.42 Å². The Morgan fingerprint density at radius 1 is 1.28 bits per heavy atom. The molecule has 0 unspecified atom stereocenters. The number of carbonyl (C=O) groups is 1. The Balaban J connectivity index is 2.45. The van der Waals surface area contributed by atoms with Gasteiger partial charge >= 0.3 is 0 Å². The molecule has 1 saturated heterocycles. The maximum atomic E-state index is 12.0. The monoisotopic (exact) mass is 276 g/mol. The lowest BCUT2D eigenvalue weighted by Gasteiger charge is -2.28. The van der Waals surface area contributed by atoms with Gasteiger partial charge in [0.1, 0.15) is 0 Å². The van der Waals surface area contributed by atoms with E-state index in [4.69, 9.17) is 5.73 Å². The predicted octanol–water partition coefficient (Wildman–Crippen LogP) is 0.255. The smallest absolute Gasteiger partial charge is 0.222 e. The second-order valence-electron chi connectivity index (χ2n) is 5.47. The fraction of sp³-hybridized carbons (Fsp3) is 0.917. The van der Waals surface area contributed by atoms with Gasteiger partial charge < -0.3 is 10.6 Å². The average molecular weight is 276 g/mol. The minimum absolute atomic E-state index is 0.0426. The highest BCUT2D eigenvalue weighted by molar-refractivity contribution is 7.91. The summed E-state index contributed by atoms with van der Waals surface area (Å²) in [5.41, 5.74) is 5.68. The third-order valence-electron chi connectivity index (χ3n) is 3.30. The van der Waals surface area contributed by atoms with Crippen molar-refractivity contribution in [1.82, 2.24) is 4.90 Å². The van der Waals surface area contributed by atoms with E-state index in [1.165, 1.54) is 0 Å². The van der Waals surface area contributed by atoms with Crippen molar-refractivity contribution in [3.8, 4) is 0 Å². The summed E-state index contributed by atoms with van der Waals surface area (Å²) in [6.45, 7) is 5.40. The van der Waals surface area contributed by atoms with Crippen molar-refractivity contribution in [2.24, 2.45) is 17.6 Å². The van der Waals surface area contributed by atoms with E-state index in [2.05, 4.69) is 13.8 Å². The summed E-state index contributed by atoms with van der Waals surface area (Å²) in [5, 5.41) is 0. The minimum atomic E-state index is -2.92. The molecular formula is C12H24N2O3S. The molecule has 1 aliphatic rings. The number of hydrogen-bond acceptors (Lipinski definition) is 4. The van der Waals surface area contributed by atoms with E-state index in [1.54, 1.807) is 4.90 Å². The average Bonchev–Trinajstić information content (AvgIpc) is 2.27. The van der Waals surface area contributed by atoms with Crippen LogP contribution in [0.5, 0.6) is 0 Å². The lowest BCUT2D eigenvalue weighted by Crippen LogP contribution is -2.44. The van der Waals surface area contributed by atoms with E-state index < -0.39 is 9.84 Å². The van der Waals surface area contributed by atoms with E-state index >= 15 is 0 Å². The Hall–Kier alpha value is -0.620. The number of nitrogens with two attached hydrogens (primary N) is 1. The predicted molar refractivity (Wildman–Crippen MR) is 71.9 cm³/mol. The molecular weight excluding hydrogens is 252 g/mol. The van der Waals surface area contributed by atoms with Crippen LogP contribution in [0, 0.1) is 11.8 Å². The van der Waals surface area contributed by atoms with E-state index in [0.717, 1.165) is 6.42 Å². The molecule has 106 valence electrons. The van der Waals surface area contributed by atoms with Crippen LogP contribution in [0.3, 0.4) is 0 Å². The third-order valence-corrected chi connectivity index (χ3v) is 4.91. The molecule has 0 aromatic rings. The first kappa shape index (κ1) is 15.4. The van der Waals surface area contributed by atoms with Crippen molar-refractivity contribution >= 4 is 15.7 Å². The summed E-state index contributed by atoms with van der Waals surface area (Å²) in [4.78, 5) is 13.7. The number of hydrogen-bond donors (Lipinski definition) is 1. The molecule has 0 bridgehead atoms. The van der Waals surface area contributed by atoms with Crippen molar-refractivity contribution in [2.45, 2.75) is 26.7 Å². The van der Waals surface area contributed by atoms with E-state index in [9.17, 15) is 13.2 Å². The van der Waals surface area contributed by atoms with Gasteiger partial charge in [0, 0.05) is 19.5 Å². The van der Waals surface area contributed by atoms with Crippen LogP contribution in [-0.2, 0) is 14.6 Å². The van der Waals surface area contributed by atoms with Gasteiger partial charge in [-0.15, -0.1) is 0 Å². The topological polar surface area (TPSA) is 80.5 Å². The van der Waals surface area contributed by atoms with Crippen molar-refractivity contribution in [2.75, 3.05) is 31.1 Å². The Labute approximate surface area is 110 Å². The fourth-order valence-electron chi connectivity index (χ4n) is 2.27. The van der Waals surface area contributed by atoms with Crippen molar-refractivity contribution in [3.05, 3.63) is 0 Å². The Bertz CT molecular complexity index is 365. The maximum Gasteiger partial charge on any atom is 0.222 e. The SMILES string of the molecule is CC(C)C[C@H](CN)CC(=O)N1CCS(=O)(=O)CC1. The molecule has 0 aromatic carbocycles. The summed E-state index contributed by atoms with van der Waals surface area (Å²) < 4.78 is 22.6. The van der Waals surface area contributed by atoms with Crippen molar-refractivity contribution in [3.63, 3.8) is 0 Å². The normalized spacial score (nSPS) is 21.0. The van der Waals surface area contributed by atoms with Crippen LogP contribution in [0.4, 0.5) is 0 Å². The molecule has 0 radical (unpaired) electrons. The molecule has 0 aliphatic carbocycles. The number of amides is 1. The Morgan fingerprint density at radius 2 is 1.83 bits per heavy atom. The van der Waals surface area contributed by atoms with E-state index in [0.29, 0.717) is 32.0 Å². The molecule has 18 heavy (non-hydrogen) atoms. The summed E-state index contributed by atoms with van der Waals surface area (Å²) >= 11 is 0. The van der Waals surface area contributed by atoms with Crippen molar-refractivity contribution < 1.29 is 13.2 Å². The Morgan fingerprint density at radius 3 is 2.28 bits per heavy atom. The summed E-state index contributed by atoms with van der Waals surface area (Å²) in [7, 11) is -2.92. The van der Waals surface area contributed by atoms with Crippen LogP contribution in [0.25, 0.3) is 0 Å². The number of nitrogens with zero attached hydrogens (tertiary/aromatic N) is 1. The highest BCUT2D eigenvalue weighted by Crippen LogP contribution is 2.16. The highest BCUT2D eigenvalue weighted by Gasteiger charge is 2.26. The highest BCUT2D eigenvalue weighted by atomic mass is 32.2. The van der Waals surface area contributed by atoms with Crippen LogP contribution in [0.2, 0.25) is 0 Å². The molecule has 1 atom stereocenters. The Kier molecular flexibility index (Phi) is 5.59. The zero-order chi connectivity index (χ0) is 13.8. The van der Waals surface area contributed by atoms with Crippen molar-refractivity contribution in [1.29, 1.82) is 0 Å². The van der Waals surface area contributed by atoms with Gasteiger partial charge in [0.05, 0.1) is 11.5 Å². The number of carbonyl (C=O) groups excluding carboxylic acids is 1.